The lowest BCUT2D eigenvalue weighted by molar-refractivity contribution is 0.0932. The Morgan fingerprint density at radius 1 is 1.21 bits per heavy atom. The second-order valence-corrected chi connectivity index (χ2v) is 8.02. The van der Waals surface area contributed by atoms with E-state index in [0.29, 0.717) is 23.4 Å². The van der Waals surface area contributed by atoms with Crippen molar-refractivity contribution in [1.82, 2.24) is 25.9 Å². The van der Waals surface area contributed by atoms with E-state index in [1.165, 1.54) is 18.3 Å². The van der Waals surface area contributed by atoms with E-state index in [2.05, 4.69) is 25.9 Å². The summed E-state index contributed by atoms with van der Waals surface area (Å²) in [5, 5.41) is 8.97. The highest BCUT2D eigenvalue weighted by atomic mass is 35.5. The minimum absolute atomic E-state index is 0.0114. The van der Waals surface area contributed by atoms with Gasteiger partial charge in [0.2, 0.25) is 0 Å². The number of nitrogens with one attached hydrogen (secondary N) is 3. The number of nitrogens with zero attached hydrogens (tertiary/aromatic N) is 2. The van der Waals surface area contributed by atoms with Crippen molar-refractivity contribution < 1.29 is 14.0 Å². The molecule has 33 heavy (non-hydrogen) atoms. The van der Waals surface area contributed by atoms with Gasteiger partial charge in [0.15, 0.2) is 11.5 Å². The van der Waals surface area contributed by atoms with Gasteiger partial charge in [-0.15, -0.1) is 0 Å². The predicted octanol–water partition coefficient (Wildman–Crippen LogP) is 2.54. The predicted molar refractivity (Wildman–Crippen MR) is 123 cm³/mol. The molecule has 2 amide bonds. The molecule has 4 rings (SSSR count). The number of amides is 2. The molecule has 0 saturated carbocycles. The molecule has 1 saturated heterocycles. The average Bonchev–Trinajstić information content (AvgIpc) is 3.32. The number of halogens is 2. The molecule has 1 atom stereocenters. The van der Waals surface area contributed by atoms with E-state index in [1.807, 2.05) is 0 Å². The van der Waals surface area contributed by atoms with Crippen molar-refractivity contribution in [3.8, 4) is 11.3 Å². The molecule has 2 heterocycles. The Morgan fingerprint density at radius 3 is 2.79 bits per heavy atom. The number of anilines is 1. The van der Waals surface area contributed by atoms with Crippen molar-refractivity contribution in [3.05, 3.63) is 76.3 Å². The molecular formula is C23H22ClFN6O2. The molecule has 0 radical (unpaired) electrons. The minimum atomic E-state index is -0.493. The summed E-state index contributed by atoms with van der Waals surface area (Å²) in [5.41, 5.74) is 7.43. The monoisotopic (exact) mass is 468 g/mol. The number of aromatic nitrogens is 2. The van der Waals surface area contributed by atoms with E-state index in [0.717, 1.165) is 13.0 Å². The number of carbonyl (C=O) groups excluding carboxylic acids is 2. The molecule has 3 aromatic rings. The summed E-state index contributed by atoms with van der Waals surface area (Å²) in [5.74, 6) is -1.27. The Kier molecular flexibility index (Phi) is 6.81. The summed E-state index contributed by atoms with van der Waals surface area (Å²) >= 11 is 6.02. The quantitative estimate of drug-likeness (QED) is 0.441. The average molecular weight is 469 g/mol. The lowest BCUT2D eigenvalue weighted by atomic mass is 10.1. The molecule has 8 nitrogen and oxygen atoms in total. The summed E-state index contributed by atoms with van der Waals surface area (Å²) < 4.78 is 14.0. The Labute approximate surface area is 194 Å². The van der Waals surface area contributed by atoms with Crippen molar-refractivity contribution in [2.24, 2.45) is 0 Å². The summed E-state index contributed by atoms with van der Waals surface area (Å²) in [7, 11) is 0. The highest BCUT2D eigenvalue weighted by molar-refractivity contribution is 6.31. The van der Waals surface area contributed by atoms with Crippen LogP contribution >= 0.6 is 11.6 Å². The number of nitrogen functional groups attached to an aromatic ring is 1. The van der Waals surface area contributed by atoms with Crippen LogP contribution < -0.4 is 21.7 Å². The number of nitrogens with two attached hydrogens (primary N) is 1. The van der Waals surface area contributed by atoms with Crippen molar-refractivity contribution in [1.29, 1.82) is 0 Å². The Balaban J connectivity index is 1.51. The fraction of sp³-hybridized carbons (Fsp3) is 0.217. The maximum Gasteiger partial charge on any atom is 0.274 e. The molecule has 170 valence electrons. The van der Waals surface area contributed by atoms with Crippen molar-refractivity contribution >= 4 is 29.2 Å². The van der Waals surface area contributed by atoms with Crippen LogP contribution in [0, 0.1) is 5.82 Å². The van der Waals surface area contributed by atoms with Gasteiger partial charge in [0.05, 0.1) is 11.9 Å². The highest BCUT2D eigenvalue weighted by Gasteiger charge is 2.21. The second kappa shape index (κ2) is 9.93. The maximum absolute atomic E-state index is 14.0. The molecule has 10 heteroatoms. The van der Waals surface area contributed by atoms with Gasteiger partial charge in [0.25, 0.3) is 11.8 Å². The maximum atomic E-state index is 14.0. The molecule has 0 spiro atoms. The van der Waals surface area contributed by atoms with Crippen LogP contribution in [0.4, 0.5) is 10.2 Å². The lowest BCUT2D eigenvalue weighted by Gasteiger charge is -2.13. The number of hydrogen-bond acceptors (Lipinski definition) is 6. The third-order valence-electron chi connectivity index (χ3n) is 5.32. The van der Waals surface area contributed by atoms with Crippen molar-refractivity contribution in [2.75, 3.05) is 18.8 Å². The molecule has 0 bridgehead atoms. The van der Waals surface area contributed by atoms with Crippen LogP contribution in [0.3, 0.4) is 0 Å². The second-order valence-electron chi connectivity index (χ2n) is 7.62. The van der Waals surface area contributed by atoms with E-state index in [4.69, 9.17) is 17.3 Å². The first-order chi connectivity index (χ1) is 15.9. The molecule has 2 aromatic carbocycles. The summed E-state index contributed by atoms with van der Waals surface area (Å²) in [6, 6.07) is 11.0. The van der Waals surface area contributed by atoms with Gasteiger partial charge in [-0.05, 0) is 37.2 Å². The standard InChI is InChI=1S/C23H22ClFN6O2/c24-17-5-2-6-18(25)16(17)11-29-22(32)14-4-1-3-13(9-14)19-12-28-21(26)20(31-19)23(33)30-15-7-8-27-10-15/h1-6,9,12,15,27H,7-8,10-11H2,(H2,26,28)(H,29,32)(H,30,33). The first-order valence-corrected chi connectivity index (χ1v) is 10.8. The number of carbonyl (C=O) groups is 2. The normalized spacial score (nSPS) is 15.3. The summed E-state index contributed by atoms with van der Waals surface area (Å²) in [6.45, 7) is 1.47. The van der Waals surface area contributed by atoms with E-state index in [-0.39, 0.29) is 34.7 Å². The summed E-state index contributed by atoms with van der Waals surface area (Å²) in [4.78, 5) is 33.8. The van der Waals surface area contributed by atoms with Crippen LogP contribution in [0.2, 0.25) is 5.02 Å². The van der Waals surface area contributed by atoms with E-state index >= 15 is 0 Å². The first kappa shape index (κ1) is 22.6. The third kappa shape index (κ3) is 5.27. The van der Waals surface area contributed by atoms with E-state index in [1.54, 1.807) is 30.3 Å². The van der Waals surface area contributed by atoms with Crippen LogP contribution in [-0.2, 0) is 6.54 Å². The molecule has 5 N–H and O–H groups in total. The number of benzene rings is 2. The highest BCUT2D eigenvalue weighted by Crippen LogP contribution is 2.21. The van der Waals surface area contributed by atoms with Gasteiger partial charge in [-0.3, -0.25) is 9.59 Å². The zero-order valence-electron chi connectivity index (χ0n) is 17.6. The van der Waals surface area contributed by atoms with Crippen molar-refractivity contribution in [2.45, 2.75) is 19.0 Å². The van der Waals surface area contributed by atoms with Gasteiger partial charge >= 0.3 is 0 Å². The molecular weight excluding hydrogens is 447 g/mol. The van der Waals surface area contributed by atoms with Crippen LogP contribution in [0.15, 0.2) is 48.7 Å². The molecule has 1 aromatic heterocycles. The van der Waals surface area contributed by atoms with E-state index < -0.39 is 17.6 Å². The third-order valence-corrected chi connectivity index (χ3v) is 5.67. The van der Waals surface area contributed by atoms with Crippen LogP contribution in [0.25, 0.3) is 11.3 Å². The topological polar surface area (TPSA) is 122 Å². The molecule has 1 unspecified atom stereocenters. The molecule has 1 aliphatic heterocycles. The minimum Gasteiger partial charge on any atom is -0.382 e. The number of rotatable bonds is 6. The van der Waals surface area contributed by atoms with Gasteiger partial charge in [-0.25, -0.2) is 14.4 Å². The van der Waals surface area contributed by atoms with Gasteiger partial charge < -0.3 is 21.7 Å². The zero-order valence-corrected chi connectivity index (χ0v) is 18.3. The molecule has 1 fully saturated rings. The van der Waals surface area contributed by atoms with Gasteiger partial charge in [-0.2, -0.15) is 0 Å². The van der Waals surface area contributed by atoms with E-state index in [9.17, 15) is 14.0 Å². The van der Waals surface area contributed by atoms with Gasteiger partial charge in [0.1, 0.15) is 5.82 Å². The first-order valence-electron chi connectivity index (χ1n) is 10.4. The van der Waals surface area contributed by atoms with Crippen LogP contribution in [-0.4, -0.2) is 40.9 Å². The van der Waals surface area contributed by atoms with Gasteiger partial charge in [0, 0.05) is 40.8 Å². The van der Waals surface area contributed by atoms with Crippen molar-refractivity contribution in [3.63, 3.8) is 0 Å². The Hall–Kier alpha value is -3.56. The summed E-state index contributed by atoms with van der Waals surface area (Å²) in [6.07, 6.45) is 2.27. The largest absolute Gasteiger partial charge is 0.382 e. The van der Waals surface area contributed by atoms with Crippen LogP contribution in [0.5, 0.6) is 0 Å². The molecule has 0 aliphatic carbocycles. The van der Waals surface area contributed by atoms with Crippen LogP contribution in [0.1, 0.15) is 32.8 Å². The smallest absolute Gasteiger partial charge is 0.274 e. The Bertz CT molecular complexity index is 1180. The zero-order chi connectivity index (χ0) is 23.4. The SMILES string of the molecule is Nc1ncc(-c2cccc(C(=O)NCc3c(F)cccc3Cl)c2)nc1C(=O)NC1CCNC1. The Morgan fingerprint density at radius 2 is 2.03 bits per heavy atom. The molecule has 1 aliphatic rings. The van der Waals surface area contributed by atoms with Gasteiger partial charge in [-0.1, -0.05) is 29.8 Å². The fourth-order valence-electron chi connectivity index (χ4n) is 3.53. The number of hydrogen-bond donors (Lipinski definition) is 4. The fourth-order valence-corrected chi connectivity index (χ4v) is 3.76. The lowest BCUT2D eigenvalue weighted by Crippen LogP contribution is -2.37.